The number of hydrogen-bond acceptors (Lipinski definition) is 3. The van der Waals surface area contributed by atoms with Crippen LogP contribution in [-0.4, -0.2) is 21.1 Å². The van der Waals surface area contributed by atoms with Crippen LogP contribution in [0.2, 0.25) is 0 Å². The van der Waals surface area contributed by atoms with Crippen molar-refractivity contribution in [3.63, 3.8) is 0 Å². The Balaban J connectivity index is 1.75. The zero-order valence-electron chi connectivity index (χ0n) is 10.3. The van der Waals surface area contributed by atoms with Gasteiger partial charge < -0.3 is 9.88 Å². The molecule has 0 saturated heterocycles. The van der Waals surface area contributed by atoms with Crippen LogP contribution in [0.1, 0.15) is 17.2 Å². The van der Waals surface area contributed by atoms with Crippen molar-refractivity contribution in [1.29, 1.82) is 0 Å². The van der Waals surface area contributed by atoms with Crippen molar-refractivity contribution >= 4 is 0 Å². The molecule has 17 heavy (non-hydrogen) atoms. The summed E-state index contributed by atoms with van der Waals surface area (Å²) in [5.74, 6) is 1.11. The Kier molecular flexibility index (Phi) is 3.88. The summed E-state index contributed by atoms with van der Waals surface area (Å²) in [5.41, 5.74) is 2.15. The predicted octanol–water partition coefficient (Wildman–Crippen LogP) is 1.46. The Bertz CT molecular complexity index is 476. The smallest absolute Gasteiger partial charge is 0.109 e. The van der Waals surface area contributed by atoms with Gasteiger partial charge >= 0.3 is 0 Å². The average molecular weight is 230 g/mol. The molecule has 0 radical (unpaired) electrons. The first-order valence-electron chi connectivity index (χ1n) is 5.85. The quantitative estimate of drug-likeness (QED) is 0.791. The van der Waals surface area contributed by atoms with Crippen molar-refractivity contribution in [2.75, 3.05) is 6.54 Å². The van der Waals surface area contributed by atoms with Crippen molar-refractivity contribution in [2.45, 2.75) is 19.9 Å². The topological polar surface area (TPSA) is 42.7 Å². The van der Waals surface area contributed by atoms with Gasteiger partial charge in [0.2, 0.25) is 0 Å². The molecular weight excluding hydrogens is 212 g/mol. The van der Waals surface area contributed by atoms with Gasteiger partial charge in [0.15, 0.2) is 0 Å². The van der Waals surface area contributed by atoms with Crippen LogP contribution in [0.5, 0.6) is 0 Å². The van der Waals surface area contributed by atoms with E-state index in [4.69, 9.17) is 0 Å². The van der Waals surface area contributed by atoms with Crippen LogP contribution in [0, 0.1) is 6.92 Å². The second kappa shape index (κ2) is 5.59. The number of aryl methyl sites for hydroxylation is 2. The Morgan fingerprint density at radius 1 is 1.35 bits per heavy atom. The van der Waals surface area contributed by atoms with E-state index in [-0.39, 0.29) is 0 Å². The monoisotopic (exact) mass is 230 g/mol. The van der Waals surface area contributed by atoms with Crippen LogP contribution in [0.25, 0.3) is 0 Å². The van der Waals surface area contributed by atoms with Gasteiger partial charge in [-0.25, -0.2) is 4.98 Å². The molecule has 0 aromatic carbocycles. The highest BCUT2D eigenvalue weighted by atomic mass is 15.0. The molecule has 0 amide bonds. The van der Waals surface area contributed by atoms with Gasteiger partial charge in [-0.1, -0.05) is 6.07 Å². The number of imidazole rings is 1. The highest BCUT2D eigenvalue weighted by molar-refractivity contribution is 5.09. The molecule has 2 aromatic heterocycles. The van der Waals surface area contributed by atoms with E-state index < -0.39 is 0 Å². The van der Waals surface area contributed by atoms with E-state index in [0.717, 1.165) is 36.7 Å². The Hall–Kier alpha value is -1.68. The SMILES string of the molecule is Cc1cccc(CNCCc2nccn2C)n1. The maximum atomic E-state index is 4.44. The highest BCUT2D eigenvalue weighted by Gasteiger charge is 1.99. The lowest BCUT2D eigenvalue weighted by atomic mass is 10.3. The number of nitrogens with one attached hydrogen (secondary N) is 1. The Labute approximate surface area is 102 Å². The predicted molar refractivity (Wildman–Crippen MR) is 67.6 cm³/mol. The fourth-order valence-electron chi connectivity index (χ4n) is 1.75. The van der Waals surface area contributed by atoms with Crippen molar-refractivity contribution in [3.8, 4) is 0 Å². The summed E-state index contributed by atoms with van der Waals surface area (Å²) in [7, 11) is 2.02. The Morgan fingerprint density at radius 3 is 2.94 bits per heavy atom. The van der Waals surface area contributed by atoms with Crippen LogP contribution in [-0.2, 0) is 20.0 Å². The molecule has 2 rings (SSSR count). The number of nitrogens with zero attached hydrogens (tertiary/aromatic N) is 3. The minimum Gasteiger partial charge on any atom is -0.338 e. The molecule has 0 aliphatic carbocycles. The molecule has 0 unspecified atom stereocenters. The summed E-state index contributed by atoms with van der Waals surface area (Å²) in [6.45, 7) is 3.74. The van der Waals surface area contributed by atoms with Crippen LogP contribution in [0.15, 0.2) is 30.6 Å². The lowest BCUT2D eigenvalue weighted by molar-refractivity contribution is 0.645. The van der Waals surface area contributed by atoms with Gasteiger partial charge in [0, 0.05) is 44.6 Å². The number of pyridine rings is 1. The van der Waals surface area contributed by atoms with Crippen molar-refractivity contribution < 1.29 is 0 Å². The molecule has 1 N–H and O–H groups in total. The maximum absolute atomic E-state index is 4.44. The van der Waals surface area contributed by atoms with E-state index in [2.05, 4.69) is 15.3 Å². The standard InChI is InChI=1S/C13H18N4/c1-11-4-3-5-12(16-11)10-14-7-6-13-15-8-9-17(13)2/h3-5,8-9,14H,6-7,10H2,1-2H3. The molecule has 90 valence electrons. The second-order valence-electron chi connectivity index (χ2n) is 4.15. The van der Waals surface area contributed by atoms with Gasteiger partial charge in [0.25, 0.3) is 0 Å². The normalized spacial score (nSPS) is 10.7. The Morgan fingerprint density at radius 2 is 2.24 bits per heavy atom. The average Bonchev–Trinajstić information content (AvgIpc) is 2.71. The van der Waals surface area contributed by atoms with E-state index in [1.54, 1.807) is 0 Å². The first kappa shape index (κ1) is 11.8. The summed E-state index contributed by atoms with van der Waals surface area (Å²) in [6, 6.07) is 6.09. The molecule has 2 aromatic rings. The van der Waals surface area contributed by atoms with E-state index >= 15 is 0 Å². The third-order valence-electron chi connectivity index (χ3n) is 2.70. The van der Waals surface area contributed by atoms with Gasteiger partial charge in [0.05, 0.1) is 5.69 Å². The van der Waals surface area contributed by atoms with Crippen molar-refractivity contribution in [1.82, 2.24) is 19.9 Å². The molecule has 0 atom stereocenters. The minimum atomic E-state index is 0.812. The molecule has 0 aliphatic heterocycles. The van der Waals surface area contributed by atoms with Gasteiger partial charge in [-0.15, -0.1) is 0 Å². The molecule has 0 fully saturated rings. The number of hydrogen-bond donors (Lipinski definition) is 1. The van der Waals surface area contributed by atoms with E-state index in [9.17, 15) is 0 Å². The summed E-state index contributed by atoms with van der Waals surface area (Å²) < 4.78 is 2.05. The van der Waals surface area contributed by atoms with E-state index in [0.29, 0.717) is 0 Å². The zero-order valence-corrected chi connectivity index (χ0v) is 10.3. The molecule has 2 heterocycles. The van der Waals surface area contributed by atoms with Gasteiger partial charge in [-0.05, 0) is 19.1 Å². The van der Waals surface area contributed by atoms with Gasteiger partial charge in [0.1, 0.15) is 5.82 Å². The van der Waals surface area contributed by atoms with Crippen LogP contribution < -0.4 is 5.32 Å². The van der Waals surface area contributed by atoms with E-state index in [1.807, 2.05) is 49.1 Å². The molecule has 0 aliphatic rings. The maximum Gasteiger partial charge on any atom is 0.109 e. The molecule has 4 nitrogen and oxygen atoms in total. The largest absolute Gasteiger partial charge is 0.338 e. The number of aromatic nitrogens is 3. The van der Waals surface area contributed by atoms with Crippen LogP contribution >= 0.6 is 0 Å². The molecular formula is C13H18N4. The molecule has 0 saturated carbocycles. The third-order valence-corrected chi connectivity index (χ3v) is 2.70. The summed E-state index contributed by atoms with van der Waals surface area (Å²) in [5, 5.41) is 3.38. The van der Waals surface area contributed by atoms with E-state index in [1.165, 1.54) is 0 Å². The van der Waals surface area contributed by atoms with Crippen LogP contribution in [0.3, 0.4) is 0 Å². The number of rotatable bonds is 5. The van der Waals surface area contributed by atoms with Crippen LogP contribution in [0.4, 0.5) is 0 Å². The minimum absolute atomic E-state index is 0.812. The fraction of sp³-hybridized carbons (Fsp3) is 0.385. The fourth-order valence-corrected chi connectivity index (χ4v) is 1.75. The second-order valence-corrected chi connectivity index (χ2v) is 4.15. The molecule has 0 spiro atoms. The van der Waals surface area contributed by atoms with Crippen molar-refractivity contribution in [3.05, 3.63) is 47.8 Å². The first-order chi connectivity index (χ1) is 8.25. The van der Waals surface area contributed by atoms with Crippen molar-refractivity contribution in [2.24, 2.45) is 7.05 Å². The van der Waals surface area contributed by atoms with Gasteiger partial charge in [-0.2, -0.15) is 0 Å². The van der Waals surface area contributed by atoms with Gasteiger partial charge in [-0.3, -0.25) is 4.98 Å². The summed E-state index contributed by atoms with van der Waals surface area (Å²) in [4.78, 5) is 8.72. The zero-order chi connectivity index (χ0) is 12.1. The lowest BCUT2D eigenvalue weighted by Gasteiger charge is -2.05. The summed E-state index contributed by atoms with van der Waals surface area (Å²) in [6.07, 6.45) is 4.74. The third kappa shape index (κ3) is 3.39. The first-order valence-corrected chi connectivity index (χ1v) is 5.85. The lowest BCUT2D eigenvalue weighted by Crippen LogP contribution is -2.18. The summed E-state index contributed by atoms with van der Waals surface area (Å²) >= 11 is 0. The highest BCUT2D eigenvalue weighted by Crippen LogP contribution is 1.98. The molecule has 0 bridgehead atoms. The molecule has 4 heteroatoms.